The highest BCUT2D eigenvalue weighted by Crippen LogP contribution is 2.16. The second-order valence-electron chi connectivity index (χ2n) is 8.13. The normalized spacial score (nSPS) is 12.0. The monoisotopic (exact) mass is 479 g/mol. The Morgan fingerprint density at radius 3 is 2.53 bits per heavy atom. The van der Waals surface area contributed by atoms with Crippen molar-refractivity contribution in [2.24, 2.45) is 5.92 Å². The fourth-order valence-corrected chi connectivity index (χ4v) is 3.85. The maximum absolute atomic E-state index is 13.0. The molecular formula is C25H26ClN5O3. The van der Waals surface area contributed by atoms with Gasteiger partial charge in [-0.05, 0) is 54.8 Å². The van der Waals surface area contributed by atoms with Gasteiger partial charge in [0.2, 0.25) is 11.6 Å². The fraction of sp³-hybridized carbons (Fsp3) is 0.280. The Balaban J connectivity index is 1.41. The molecule has 0 aliphatic rings. The van der Waals surface area contributed by atoms with Crippen LogP contribution < -0.4 is 15.6 Å². The van der Waals surface area contributed by atoms with Crippen LogP contribution in [0, 0.1) is 5.92 Å². The van der Waals surface area contributed by atoms with Crippen LogP contribution in [0.25, 0.3) is 11.3 Å². The molecule has 2 aromatic carbocycles. The van der Waals surface area contributed by atoms with Crippen molar-refractivity contribution in [3.8, 4) is 11.4 Å². The van der Waals surface area contributed by atoms with Crippen molar-refractivity contribution in [2.75, 3.05) is 6.61 Å². The van der Waals surface area contributed by atoms with E-state index in [1.807, 2.05) is 50.2 Å². The second kappa shape index (κ2) is 10.5. The lowest BCUT2D eigenvalue weighted by Crippen LogP contribution is -2.25. The molecule has 2 heterocycles. The van der Waals surface area contributed by atoms with Gasteiger partial charge in [0.05, 0.1) is 6.61 Å². The second-order valence-corrected chi connectivity index (χ2v) is 8.56. The van der Waals surface area contributed by atoms with E-state index in [4.69, 9.17) is 16.3 Å². The maximum Gasteiger partial charge on any atom is 0.300 e. The quantitative estimate of drug-likeness (QED) is 0.394. The average Bonchev–Trinajstić information content (AvgIpc) is 3.23. The van der Waals surface area contributed by atoms with E-state index in [0.29, 0.717) is 42.5 Å². The summed E-state index contributed by atoms with van der Waals surface area (Å²) < 4.78 is 8.67. The van der Waals surface area contributed by atoms with Crippen molar-refractivity contribution >= 4 is 23.2 Å². The predicted octanol–water partition coefficient (Wildman–Crippen LogP) is 3.82. The molecule has 0 bridgehead atoms. The first-order valence-electron chi connectivity index (χ1n) is 11.1. The van der Waals surface area contributed by atoms with Crippen LogP contribution in [0.1, 0.15) is 31.7 Å². The summed E-state index contributed by atoms with van der Waals surface area (Å²) in [4.78, 5) is 25.4. The summed E-state index contributed by atoms with van der Waals surface area (Å²) in [6.45, 7) is 4.92. The third-order valence-electron chi connectivity index (χ3n) is 5.44. The van der Waals surface area contributed by atoms with Crippen molar-refractivity contribution in [1.29, 1.82) is 0 Å². The molecule has 34 heavy (non-hydrogen) atoms. The molecule has 9 heteroatoms. The molecule has 0 saturated heterocycles. The third-order valence-corrected chi connectivity index (χ3v) is 5.69. The first-order valence-corrected chi connectivity index (χ1v) is 11.5. The van der Waals surface area contributed by atoms with E-state index in [0.717, 1.165) is 11.3 Å². The highest BCUT2D eigenvalue weighted by molar-refractivity contribution is 6.30. The molecule has 4 rings (SSSR count). The summed E-state index contributed by atoms with van der Waals surface area (Å²) >= 11 is 5.89. The van der Waals surface area contributed by atoms with Gasteiger partial charge in [0.25, 0.3) is 0 Å². The zero-order valence-electron chi connectivity index (χ0n) is 19.1. The number of benzene rings is 2. The van der Waals surface area contributed by atoms with Gasteiger partial charge >= 0.3 is 5.56 Å². The maximum atomic E-state index is 13.0. The van der Waals surface area contributed by atoms with Gasteiger partial charge in [0.1, 0.15) is 11.6 Å². The minimum Gasteiger partial charge on any atom is -0.494 e. The van der Waals surface area contributed by atoms with E-state index >= 15 is 0 Å². The molecular weight excluding hydrogens is 454 g/mol. The van der Waals surface area contributed by atoms with Gasteiger partial charge in [-0.3, -0.25) is 18.6 Å². The van der Waals surface area contributed by atoms with Gasteiger partial charge in [0, 0.05) is 42.5 Å². The van der Waals surface area contributed by atoms with E-state index in [-0.39, 0.29) is 23.0 Å². The summed E-state index contributed by atoms with van der Waals surface area (Å²) in [7, 11) is 0. The summed E-state index contributed by atoms with van der Waals surface area (Å²) in [5, 5.41) is 11.9. The molecule has 176 valence electrons. The summed E-state index contributed by atoms with van der Waals surface area (Å²) in [5.74, 6) is 1.36. The number of rotatable bonds is 9. The van der Waals surface area contributed by atoms with E-state index in [9.17, 15) is 9.59 Å². The van der Waals surface area contributed by atoms with Gasteiger partial charge in [-0.25, -0.2) is 0 Å². The van der Waals surface area contributed by atoms with Crippen molar-refractivity contribution in [3.63, 3.8) is 0 Å². The molecule has 1 N–H and O–H groups in total. The zero-order valence-corrected chi connectivity index (χ0v) is 19.8. The number of amides is 1. The van der Waals surface area contributed by atoms with E-state index in [1.165, 1.54) is 4.57 Å². The van der Waals surface area contributed by atoms with Gasteiger partial charge in [-0.1, -0.05) is 30.7 Å². The zero-order chi connectivity index (χ0) is 24.1. The van der Waals surface area contributed by atoms with Crippen LogP contribution in [0.15, 0.2) is 65.7 Å². The number of halogens is 1. The van der Waals surface area contributed by atoms with Gasteiger partial charge in [-0.15, -0.1) is 10.2 Å². The van der Waals surface area contributed by atoms with E-state index in [2.05, 4.69) is 15.5 Å². The van der Waals surface area contributed by atoms with Crippen molar-refractivity contribution in [1.82, 2.24) is 24.5 Å². The average molecular weight is 480 g/mol. The predicted molar refractivity (Wildman–Crippen MR) is 131 cm³/mol. The highest BCUT2D eigenvalue weighted by atomic mass is 35.5. The lowest BCUT2D eigenvalue weighted by Gasteiger charge is -2.11. The summed E-state index contributed by atoms with van der Waals surface area (Å²) in [6, 6.07) is 14.7. The first kappa shape index (κ1) is 23.5. The third kappa shape index (κ3) is 5.46. The minimum atomic E-state index is -0.265. The van der Waals surface area contributed by atoms with E-state index < -0.39 is 0 Å². The Labute approximate surface area is 202 Å². The summed E-state index contributed by atoms with van der Waals surface area (Å²) in [5.41, 5.74) is 1.67. The number of hydrogen-bond acceptors (Lipinski definition) is 5. The molecule has 1 atom stereocenters. The molecule has 0 aliphatic carbocycles. The number of nitrogens with one attached hydrogen (secondary N) is 1. The lowest BCUT2D eigenvalue weighted by molar-refractivity contribution is -0.122. The summed E-state index contributed by atoms with van der Waals surface area (Å²) in [6.07, 6.45) is 4.32. The van der Waals surface area contributed by atoms with E-state index in [1.54, 1.807) is 28.9 Å². The van der Waals surface area contributed by atoms with Crippen molar-refractivity contribution in [3.05, 3.63) is 87.7 Å². The number of ether oxygens (including phenoxy) is 1. The molecule has 0 unspecified atom stereocenters. The van der Waals surface area contributed by atoms with Gasteiger partial charge in [-0.2, -0.15) is 0 Å². The van der Waals surface area contributed by atoms with Crippen LogP contribution in [0.5, 0.6) is 5.75 Å². The smallest absolute Gasteiger partial charge is 0.300 e. The molecule has 0 saturated carbocycles. The van der Waals surface area contributed by atoms with Crippen molar-refractivity contribution < 1.29 is 9.53 Å². The number of fused-ring (bicyclic) bond motifs is 1. The first-order chi connectivity index (χ1) is 16.4. The number of carbonyl (C=O) groups is 1. The molecule has 1 amide bonds. The lowest BCUT2D eigenvalue weighted by atomic mass is 10.0. The highest BCUT2D eigenvalue weighted by Gasteiger charge is 2.16. The Bertz CT molecular complexity index is 1330. The Hall–Kier alpha value is -3.65. The van der Waals surface area contributed by atoms with Crippen LogP contribution in [0.4, 0.5) is 0 Å². The standard InChI is InChI=1S/C25H26ClN5O3/c1-3-34-21-10-8-20(9-11-21)30-12-13-31-22(28-29-24(31)25(30)33)14-17(2)15-23(32)27-16-18-4-6-19(26)7-5-18/h4-13,17H,3,14-16H2,1-2H3,(H,27,32)/t17-/m1/s1. The molecule has 4 aromatic rings. The fourth-order valence-electron chi connectivity index (χ4n) is 3.72. The van der Waals surface area contributed by atoms with Crippen LogP contribution in [0.2, 0.25) is 5.02 Å². The largest absolute Gasteiger partial charge is 0.494 e. The molecule has 0 radical (unpaired) electrons. The van der Waals surface area contributed by atoms with Gasteiger partial charge in [0.15, 0.2) is 0 Å². The molecule has 0 spiro atoms. The molecule has 0 fully saturated rings. The molecule has 0 aliphatic heterocycles. The van der Waals surface area contributed by atoms with Crippen LogP contribution >= 0.6 is 11.6 Å². The number of aromatic nitrogens is 4. The topological polar surface area (TPSA) is 90.5 Å². The van der Waals surface area contributed by atoms with Crippen LogP contribution in [-0.4, -0.2) is 31.7 Å². The number of carbonyl (C=O) groups excluding carboxylic acids is 1. The Morgan fingerprint density at radius 2 is 1.82 bits per heavy atom. The molecule has 8 nitrogen and oxygen atoms in total. The van der Waals surface area contributed by atoms with Crippen LogP contribution in [0.3, 0.4) is 0 Å². The molecule has 2 aromatic heterocycles. The Kier molecular flexibility index (Phi) is 7.27. The van der Waals surface area contributed by atoms with Gasteiger partial charge < -0.3 is 10.1 Å². The number of nitrogens with zero attached hydrogens (tertiary/aromatic N) is 4. The van der Waals surface area contributed by atoms with Crippen LogP contribution in [-0.2, 0) is 17.8 Å². The SMILES string of the molecule is CCOc1ccc(-n2ccn3c(C[C@@H](C)CC(=O)NCc4ccc(Cl)cc4)nnc3c2=O)cc1. The Morgan fingerprint density at radius 1 is 1.09 bits per heavy atom. The minimum absolute atomic E-state index is 0.0196. The number of hydrogen-bond donors (Lipinski definition) is 1. The van der Waals surface area contributed by atoms with Crippen molar-refractivity contribution in [2.45, 2.75) is 33.2 Å².